The summed E-state index contributed by atoms with van der Waals surface area (Å²) < 4.78 is 0. The number of fused-ring (bicyclic) bond motifs is 1. The summed E-state index contributed by atoms with van der Waals surface area (Å²) in [5.41, 5.74) is 1.44. The van der Waals surface area contributed by atoms with Gasteiger partial charge in [0.05, 0.1) is 12.7 Å². The van der Waals surface area contributed by atoms with Crippen molar-refractivity contribution in [1.29, 1.82) is 0 Å². The van der Waals surface area contributed by atoms with E-state index < -0.39 is 11.8 Å². The molecule has 0 fully saturated rings. The van der Waals surface area contributed by atoms with E-state index >= 15 is 0 Å². The number of carbonyl (C=O) groups excluding carboxylic acids is 2. The number of carboxylic acids is 1. The second-order valence-corrected chi connectivity index (χ2v) is 4.73. The number of benzene rings is 1. The standard InChI is InChI=1S/C14H11N3O4/c1-17-9-3-2-7(4-8(9)5-10(17)18)13(19)11-12(14(20)21)16-6-15-11/h2-4,6H,5H2,1H3,(H,15,16)(H,20,21). The molecule has 0 bridgehead atoms. The molecule has 0 spiro atoms. The van der Waals surface area contributed by atoms with E-state index in [1.807, 2.05) is 0 Å². The first kappa shape index (κ1) is 13.0. The van der Waals surface area contributed by atoms with Gasteiger partial charge in [0.2, 0.25) is 11.7 Å². The van der Waals surface area contributed by atoms with Gasteiger partial charge in [-0.3, -0.25) is 9.59 Å². The van der Waals surface area contributed by atoms with Crippen LogP contribution in [0.15, 0.2) is 24.5 Å². The van der Waals surface area contributed by atoms with Crippen molar-refractivity contribution in [3.05, 3.63) is 47.0 Å². The summed E-state index contributed by atoms with van der Waals surface area (Å²) in [5, 5.41) is 9.00. The van der Waals surface area contributed by atoms with E-state index in [2.05, 4.69) is 9.97 Å². The predicted octanol–water partition coefficient (Wildman–Crippen LogP) is 0.858. The van der Waals surface area contributed by atoms with Gasteiger partial charge in [-0.2, -0.15) is 0 Å². The number of aromatic nitrogens is 2. The zero-order chi connectivity index (χ0) is 15.1. The maximum Gasteiger partial charge on any atom is 0.354 e. The van der Waals surface area contributed by atoms with Crippen LogP contribution >= 0.6 is 0 Å². The normalized spacial score (nSPS) is 13.4. The summed E-state index contributed by atoms with van der Waals surface area (Å²) in [7, 11) is 1.67. The van der Waals surface area contributed by atoms with Crippen LogP contribution in [0.5, 0.6) is 0 Å². The van der Waals surface area contributed by atoms with Crippen LogP contribution in [0.4, 0.5) is 5.69 Å². The Morgan fingerprint density at radius 1 is 1.38 bits per heavy atom. The number of ketones is 1. The summed E-state index contributed by atoms with van der Waals surface area (Å²) in [6.45, 7) is 0. The Morgan fingerprint density at radius 3 is 2.86 bits per heavy atom. The Hall–Kier alpha value is -2.96. The molecule has 1 aromatic carbocycles. The molecule has 0 saturated heterocycles. The third-order valence-electron chi connectivity index (χ3n) is 3.49. The fourth-order valence-corrected chi connectivity index (χ4v) is 2.38. The molecule has 0 radical (unpaired) electrons. The largest absolute Gasteiger partial charge is 0.477 e. The maximum atomic E-state index is 12.4. The van der Waals surface area contributed by atoms with Gasteiger partial charge in [-0.15, -0.1) is 0 Å². The van der Waals surface area contributed by atoms with Gasteiger partial charge in [0.1, 0.15) is 5.69 Å². The van der Waals surface area contributed by atoms with Crippen LogP contribution in [0.2, 0.25) is 0 Å². The molecule has 1 aliphatic heterocycles. The Kier molecular flexibility index (Phi) is 2.83. The minimum atomic E-state index is -1.24. The molecule has 2 heterocycles. The number of nitrogens with one attached hydrogen (secondary N) is 1. The molecule has 7 nitrogen and oxygen atoms in total. The van der Waals surface area contributed by atoms with Crippen LogP contribution in [0, 0.1) is 0 Å². The van der Waals surface area contributed by atoms with Crippen molar-refractivity contribution in [2.45, 2.75) is 6.42 Å². The third kappa shape index (κ3) is 1.99. The number of rotatable bonds is 3. The second-order valence-electron chi connectivity index (χ2n) is 4.73. The second kappa shape index (κ2) is 4.55. The van der Waals surface area contributed by atoms with E-state index in [1.165, 1.54) is 11.2 Å². The average molecular weight is 285 g/mol. The van der Waals surface area contributed by atoms with E-state index in [-0.39, 0.29) is 23.7 Å². The predicted molar refractivity (Wildman–Crippen MR) is 72.5 cm³/mol. The highest BCUT2D eigenvalue weighted by molar-refractivity contribution is 6.13. The topological polar surface area (TPSA) is 103 Å². The molecule has 1 amide bonds. The minimum absolute atomic E-state index is 0.0411. The zero-order valence-corrected chi connectivity index (χ0v) is 11.1. The van der Waals surface area contributed by atoms with Gasteiger partial charge >= 0.3 is 5.97 Å². The number of aromatic amines is 1. The Balaban J connectivity index is 2.01. The number of hydrogen-bond donors (Lipinski definition) is 2. The van der Waals surface area contributed by atoms with E-state index in [9.17, 15) is 14.4 Å². The summed E-state index contributed by atoms with van der Waals surface area (Å²) in [5.74, 6) is -1.77. The van der Waals surface area contributed by atoms with Gasteiger partial charge in [0.25, 0.3) is 0 Å². The molecule has 0 saturated carbocycles. The van der Waals surface area contributed by atoms with Crippen molar-refractivity contribution in [1.82, 2.24) is 9.97 Å². The minimum Gasteiger partial charge on any atom is -0.477 e. The van der Waals surface area contributed by atoms with Crippen molar-refractivity contribution >= 4 is 23.3 Å². The smallest absolute Gasteiger partial charge is 0.354 e. The molecule has 7 heteroatoms. The number of likely N-dealkylation sites (N-methyl/N-ethyl adjacent to an activating group) is 1. The molecule has 0 atom stereocenters. The van der Waals surface area contributed by atoms with Crippen LogP contribution in [0.25, 0.3) is 0 Å². The van der Waals surface area contributed by atoms with Gasteiger partial charge in [-0.05, 0) is 23.8 Å². The van der Waals surface area contributed by atoms with E-state index in [4.69, 9.17) is 5.11 Å². The lowest BCUT2D eigenvalue weighted by Gasteiger charge is -2.10. The molecule has 2 N–H and O–H groups in total. The molecule has 0 aliphatic carbocycles. The fourth-order valence-electron chi connectivity index (χ4n) is 2.38. The van der Waals surface area contributed by atoms with Gasteiger partial charge in [0.15, 0.2) is 5.69 Å². The highest BCUT2D eigenvalue weighted by Crippen LogP contribution is 2.29. The quantitative estimate of drug-likeness (QED) is 0.814. The van der Waals surface area contributed by atoms with Crippen LogP contribution in [0.1, 0.15) is 32.1 Å². The molecule has 21 heavy (non-hydrogen) atoms. The number of carbonyl (C=O) groups is 3. The number of nitrogens with zero attached hydrogens (tertiary/aromatic N) is 2. The number of H-pyrrole nitrogens is 1. The van der Waals surface area contributed by atoms with Crippen molar-refractivity contribution < 1.29 is 19.5 Å². The van der Waals surface area contributed by atoms with Crippen molar-refractivity contribution in [2.24, 2.45) is 0 Å². The van der Waals surface area contributed by atoms with Gasteiger partial charge in [0, 0.05) is 18.3 Å². The number of aromatic carboxylic acids is 1. The molecule has 1 aromatic heterocycles. The first-order valence-electron chi connectivity index (χ1n) is 6.20. The van der Waals surface area contributed by atoms with E-state index in [0.29, 0.717) is 5.56 Å². The number of hydrogen-bond acceptors (Lipinski definition) is 4. The average Bonchev–Trinajstić information content (AvgIpc) is 3.04. The number of anilines is 1. The summed E-state index contributed by atoms with van der Waals surface area (Å²) in [6.07, 6.45) is 1.40. The number of carboxylic acid groups (broad SMARTS) is 1. The lowest BCUT2D eigenvalue weighted by molar-refractivity contribution is -0.117. The molecule has 0 unspecified atom stereocenters. The highest BCUT2D eigenvalue weighted by Gasteiger charge is 2.26. The first-order chi connectivity index (χ1) is 9.99. The van der Waals surface area contributed by atoms with Crippen molar-refractivity contribution in [2.75, 3.05) is 11.9 Å². The monoisotopic (exact) mass is 285 g/mol. The summed E-state index contributed by atoms with van der Waals surface area (Å²) >= 11 is 0. The molecule has 3 rings (SSSR count). The SMILES string of the molecule is CN1C(=O)Cc2cc(C(=O)c3nc[nH]c3C(=O)O)ccc21. The molecular weight excluding hydrogens is 274 g/mol. The van der Waals surface area contributed by atoms with Crippen LogP contribution in [-0.2, 0) is 11.2 Å². The summed E-state index contributed by atoms with van der Waals surface area (Å²) in [6, 6.07) is 4.86. The zero-order valence-electron chi connectivity index (χ0n) is 11.1. The maximum absolute atomic E-state index is 12.4. The Morgan fingerprint density at radius 2 is 2.14 bits per heavy atom. The van der Waals surface area contributed by atoms with Gasteiger partial charge < -0.3 is 15.0 Å². The van der Waals surface area contributed by atoms with E-state index in [1.54, 1.807) is 25.2 Å². The third-order valence-corrected chi connectivity index (χ3v) is 3.49. The fraction of sp³-hybridized carbons (Fsp3) is 0.143. The lowest BCUT2D eigenvalue weighted by atomic mass is 10.0. The number of amides is 1. The highest BCUT2D eigenvalue weighted by atomic mass is 16.4. The van der Waals surface area contributed by atoms with Crippen LogP contribution in [-0.4, -0.2) is 39.8 Å². The lowest BCUT2D eigenvalue weighted by Crippen LogP contribution is -2.20. The van der Waals surface area contributed by atoms with Gasteiger partial charge in [-0.1, -0.05) is 0 Å². The van der Waals surface area contributed by atoms with Crippen molar-refractivity contribution in [3.63, 3.8) is 0 Å². The van der Waals surface area contributed by atoms with Gasteiger partial charge in [-0.25, -0.2) is 9.78 Å². The van der Waals surface area contributed by atoms with Crippen LogP contribution in [0.3, 0.4) is 0 Å². The Labute approximate surface area is 119 Å². The van der Waals surface area contributed by atoms with E-state index in [0.717, 1.165) is 11.3 Å². The molecule has 106 valence electrons. The first-order valence-corrected chi connectivity index (χ1v) is 6.20. The molecular formula is C14H11N3O4. The summed E-state index contributed by atoms with van der Waals surface area (Å²) in [4.78, 5) is 42.7. The van der Waals surface area contributed by atoms with Crippen LogP contribution < -0.4 is 4.90 Å². The Bertz CT molecular complexity index is 778. The molecule has 2 aromatic rings. The van der Waals surface area contributed by atoms with Crippen molar-refractivity contribution in [3.8, 4) is 0 Å². The molecule has 1 aliphatic rings. The number of imidazole rings is 1.